The lowest BCUT2D eigenvalue weighted by atomic mass is 9.96. The van der Waals surface area contributed by atoms with Crippen LogP contribution in [0.15, 0.2) is 42.7 Å². The molecular formula is C20H28N4O2. The molecule has 0 radical (unpaired) electrons. The molecule has 2 heterocycles. The van der Waals surface area contributed by atoms with E-state index in [2.05, 4.69) is 27.2 Å². The number of nitrogens with one attached hydrogen (secondary N) is 1. The van der Waals surface area contributed by atoms with Crippen molar-refractivity contribution in [2.24, 2.45) is 0 Å². The van der Waals surface area contributed by atoms with Crippen molar-refractivity contribution < 1.29 is 9.53 Å². The number of likely N-dealkylation sites (N-methyl/N-ethyl adjacent to an activating group) is 1. The Kier molecular flexibility index (Phi) is 6.41. The molecule has 0 spiro atoms. The number of aryl methyl sites for hydroxylation is 1. The summed E-state index contributed by atoms with van der Waals surface area (Å²) in [5, 5.41) is 6.77. The van der Waals surface area contributed by atoms with Crippen LogP contribution in [0.5, 0.6) is 0 Å². The summed E-state index contributed by atoms with van der Waals surface area (Å²) in [6.45, 7) is 2.03. The lowest BCUT2D eigenvalue weighted by molar-refractivity contribution is -0.148. The van der Waals surface area contributed by atoms with Crippen LogP contribution in [0, 0.1) is 0 Å². The van der Waals surface area contributed by atoms with Gasteiger partial charge in [-0.2, -0.15) is 5.10 Å². The number of amides is 1. The van der Waals surface area contributed by atoms with E-state index in [-0.39, 0.29) is 18.1 Å². The number of ether oxygens (including phenoxy) is 1. The van der Waals surface area contributed by atoms with Crippen molar-refractivity contribution in [3.63, 3.8) is 0 Å². The molecule has 1 aliphatic heterocycles. The maximum absolute atomic E-state index is 13.0. The normalized spacial score (nSPS) is 20.5. The molecule has 0 bridgehead atoms. The van der Waals surface area contributed by atoms with Gasteiger partial charge in [0, 0.05) is 25.7 Å². The summed E-state index contributed by atoms with van der Waals surface area (Å²) in [6.07, 6.45) is 5.93. The molecule has 1 amide bonds. The number of benzene rings is 1. The fraction of sp³-hybridized carbons (Fsp3) is 0.500. The van der Waals surface area contributed by atoms with E-state index in [4.69, 9.17) is 4.74 Å². The second-order valence-corrected chi connectivity index (χ2v) is 7.07. The number of hydrogen-bond donors (Lipinski definition) is 1. The molecule has 1 aromatic carbocycles. The Bertz CT molecular complexity index is 672. The van der Waals surface area contributed by atoms with Gasteiger partial charge >= 0.3 is 0 Å². The quantitative estimate of drug-likeness (QED) is 0.827. The predicted molar refractivity (Wildman–Crippen MR) is 101 cm³/mol. The summed E-state index contributed by atoms with van der Waals surface area (Å²) >= 11 is 0. The van der Waals surface area contributed by atoms with E-state index >= 15 is 0 Å². The monoisotopic (exact) mass is 356 g/mol. The van der Waals surface area contributed by atoms with Crippen LogP contribution in [0.1, 0.15) is 30.0 Å². The van der Waals surface area contributed by atoms with Crippen LogP contribution in [-0.2, 0) is 16.0 Å². The van der Waals surface area contributed by atoms with Gasteiger partial charge in [-0.3, -0.25) is 9.89 Å². The van der Waals surface area contributed by atoms with Gasteiger partial charge < -0.3 is 14.5 Å². The topological polar surface area (TPSA) is 61.5 Å². The number of hydrogen-bond acceptors (Lipinski definition) is 4. The number of aromatic nitrogens is 2. The highest BCUT2D eigenvalue weighted by Gasteiger charge is 2.36. The van der Waals surface area contributed by atoms with Gasteiger partial charge in [-0.1, -0.05) is 30.3 Å². The average Bonchev–Trinajstić information content (AvgIpc) is 3.15. The van der Waals surface area contributed by atoms with E-state index < -0.39 is 0 Å². The first-order valence-electron chi connectivity index (χ1n) is 9.23. The van der Waals surface area contributed by atoms with Crippen molar-refractivity contribution in [2.45, 2.75) is 31.4 Å². The van der Waals surface area contributed by atoms with E-state index in [9.17, 15) is 4.79 Å². The highest BCUT2D eigenvalue weighted by Crippen LogP contribution is 2.30. The van der Waals surface area contributed by atoms with E-state index in [1.54, 1.807) is 0 Å². The maximum atomic E-state index is 13.0. The maximum Gasteiger partial charge on any atom is 0.223 e. The Morgan fingerprint density at radius 3 is 2.85 bits per heavy atom. The number of carbonyl (C=O) groups is 1. The molecule has 140 valence electrons. The second-order valence-electron chi connectivity index (χ2n) is 7.07. The Balaban J connectivity index is 1.70. The molecule has 6 heteroatoms. The third kappa shape index (κ3) is 4.71. The minimum atomic E-state index is -0.0335. The van der Waals surface area contributed by atoms with Crippen molar-refractivity contribution in [1.29, 1.82) is 0 Å². The molecule has 1 saturated heterocycles. The number of morpholine rings is 1. The van der Waals surface area contributed by atoms with Gasteiger partial charge in [0.25, 0.3) is 0 Å². The van der Waals surface area contributed by atoms with Gasteiger partial charge in [0.15, 0.2) is 0 Å². The zero-order valence-corrected chi connectivity index (χ0v) is 15.6. The summed E-state index contributed by atoms with van der Waals surface area (Å²) < 4.78 is 6.05. The number of H-pyrrole nitrogens is 1. The number of aromatic amines is 1. The summed E-state index contributed by atoms with van der Waals surface area (Å²) in [4.78, 5) is 17.1. The fourth-order valence-electron chi connectivity index (χ4n) is 3.57. The van der Waals surface area contributed by atoms with Crippen LogP contribution in [0.25, 0.3) is 0 Å². The van der Waals surface area contributed by atoms with Crippen molar-refractivity contribution in [3.8, 4) is 0 Å². The predicted octanol–water partition coefficient (Wildman–Crippen LogP) is 2.26. The molecule has 1 N–H and O–H groups in total. The summed E-state index contributed by atoms with van der Waals surface area (Å²) in [6, 6.07) is 10.2. The second kappa shape index (κ2) is 8.96. The first kappa shape index (κ1) is 18.6. The van der Waals surface area contributed by atoms with Crippen LogP contribution in [-0.4, -0.2) is 65.8 Å². The van der Waals surface area contributed by atoms with Crippen molar-refractivity contribution in [3.05, 3.63) is 53.9 Å². The van der Waals surface area contributed by atoms with Gasteiger partial charge in [0.1, 0.15) is 0 Å². The Morgan fingerprint density at radius 2 is 2.15 bits per heavy atom. The molecule has 0 unspecified atom stereocenters. The molecule has 3 rings (SSSR count). The zero-order chi connectivity index (χ0) is 18.4. The molecule has 1 fully saturated rings. The van der Waals surface area contributed by atoms with E-state index in [0.29, 0.717) is 19.6 Å². The SMILES string of the molecule is CN(C)C[C@@H]1OCCN(C(=O)CCCc2cn[nH]c2)[C@H]1c1ccccc1. The third-order valence-corrected chi connectivity index (χ3v) is 4.77. The standard InChI is InChI=1S/C20H28N4O2/c1-23(2)15-18-20(17-8-4-3-5-9-17)24(11-12-26-18)19(25)10-6-7-16-13-21-22-14-16/h3-5,8-9,13-14,18,20H,6-7,10-12,15H2,1-2H3,(H,21,22)/t18-,20-/m0/s1. The third-order valence-electron chi connectivity index (χ3n) is 4.77. The van der Waals surface area contributed by atoms with Gasteiger partial charge in [0.2, 0.25) is 5.91 Å². The van der Waals surface area contributed by atoms with Crippen molar-refractivity contribution >= 4 is 5.91 Å². The van der Waals surface area contributed by atoms with E-state index in [0.717, 1.165) is 30.5 Å². The van der Waals surface area contributed by atoms with Crippen molar-refractivity contribution in [1.82, 2.24) is 20.0 Å². The summed E-state index contributed by atoms with van der Waals surface area (Å²) in [7, 11) is 4.08. The van der Waals surface area contributed by atoms with Gasteiger partial charge in [-0.25, -0.2) is 0 Å². The minimum absolute atomic E-state index is 0.0148. The molecule has 6 nitrogen and oxygen atoms in total. The van der Waals surface area contributed by atoms with Crippen LogP contribution in [0.3, 0.4) is 0 Å². The van der Waals surface area contributed by atoms with Gasteiger partial charge in [0.05, 0.1) is 24.9 Å². The highest BCUT2D eigenvalue weighted by molar-refractivity contribution is 5.77. The smallest absolute Gasteiger partial charge is 0.223 e. The van der Waals surface area contributed by atoms with Gasteiger partial charge in [-0.05, 0) is 38.1 Å². The first-order valence-corrected chi connectivity index (χ1v) is 9.23. The Morgan fingerprint density at radius 1 is 1.35 bits per heavy atom. The van der Waals surface area contributed by atoms with Crippen LogP contribution in [0.2, 0.25) is 0 Å². The van der Waals surface area contributed by atoms with Gasteiger partial charge in [-0.15, -0.1) is 0 Å². The Labute approximate surface area is 155 Å². The first-order chi connectivity index (χ1) is 12.6. The molecule has 26 heavy (non-hydrogen) atoms. The lowest BCUT2D eigenvalue weighted by Crippen LogP contribution is -2.51. The number of nitrogens with zero attached hydrogens (tertiary/aromatic N) is 3. The van der Waals surface area contributed by atoms with E-state index in [1.807, 2.05) is 49.6 Å². The number of carbonyl (C=O) groups excluding carboxylic acids is 1. The fourth-order valence-corrected chi connectivity index (χ4v) is 3.57. The largest absolute Gasteiger partial charge is 0.373 e. The van der Waals surface area contributed by atoms with E-state index in [1.165, 1.54) is 0 Å². The van der Waals surface area contributed by atoms with Crippen LogP contribution >= 0.6 is 0 Å². The zero-order valence-electron chi connectivity index (χ0n) is 15.6. The van der Waals surface area contributed by atoms with Crippen molar-refractivity contribution in [2.75, 3.05) is 33.8 Å². The van der Waals surface area contributed by atoms with Crippen LogP contribution < -0.4 is 0 Å². The summed E-state index contributed by atoms with van der Waals surface area (Å²) in [5.41, 5.74) is 2.28. The highest BCUT2D eigenvalue weighted by atomic mass is 16.5. The molecule has 2 aromatic rings. The Hall–Kier alpha value is -2.18. The lowest BCUT2D eigenvalue weighted by Gasteiger charge is -2.42. The summed E-state index contributed by atoms with van der Waals surface area (Å²) in [5.74, 6) is 0.203. The molecule has 0 aliphatic carbocycles. The molecule has 1 aromatic heterocycles. The molecular weight excluding hydrogens is 328 g/mol. The molecule has 2 atom stereocenters. The van der Waals surface area contributed by atoms with Crippen LogP contribution in [0.4, 0.5) is 0 Å². The molecule has 0 saturated carbocycles. The minimum Gasteiger partial charge on any atom is -0.373 e. The average molecular weight is 356 g/mol. The molecule has 1 aliphatic rings. The number of rotatable bonds is 7.